The van der Waals surface area contributed by atoms with Gasteiger partial charge in [-0.15, -0.1) is 0 Å². The molecule has 0 bridgehead atoms. The Kier molecular flexibility index (Phi) is 5.98. The van der Waals surface area contributed by atoms with Gasteiger partial charge in [0.05, 0.1) is 28.2 Å². The van der Waals surface area contributed by atoms with Crippen LogP contribution < -0.4 is 4.72 Å². The third-order valence-corrected chi connectivity index (χ3v) is 6.47. The molecule has 0 aromatic heterocycles. The second-order valence-electron chi connectivity index (χ2n) is 6.98. The van der Waals surface area contributed by atoms with Crippen LogP contribution in [-0.4, -0.2) is 45.0 Å². The van der Waals surface area contributed by atoms with Crippen molar-refractivity contribution in [3.63, 3.8) is 0 Å². The fraction of sp³-hybridized carbons (Fsp3) is 0.350. The summed E-state index contributed by atoms with van der Waals surface area (Å²) in [6.45, 7) is 7.07. The van der Waals surface area contributed by atoms with Crippen LogP contribution >= 0.6 is 11.6 Å². The number of hydrogen-bond donors (Lipinski definition) is 1. The van der Waals surface area contributed by atoms with Gasteiger partial charge in [-0.1, -0.05) is 17.7 Å². The van der Waals surface area contributed by atoms with Gasteiger partial charge in [-0.25, -0.2) is 8.42 Å². The lowest BCUT2D eigenvalue weighted by Crippen LogP contribution is -2.44. The maximum Gasteiger partial charge on any atom is 0.261 e. The minimum atomic E-state index is -3.86. The number of benzene rings is 2. The second kappa shape index (κ2) is 8.11. The first kappa shape index (κ1) is 20.6. The molecule has 150 valence electrons. The predicted molar refractivity (Wildman–Crippen MR) is 109 cm³/mol. The summed E-state index contributed by atoms with van der Waals surface area (Å²) >= 11 is 6.20. The SMILES string of the molecule is Cc1ccc(NS(=O)(=O)c2ccc(Cl)c(C(=O)N3CCOC(C)C3)c2)cc1C. The molecule has 1 heterocycles. The van der Waals surface area contributed by atoms with Crippen LogP contribution in [0.2, 0.25) is 5.02 Å². The lowest BCUT2D eigenvalue weighted by molar-refractivity contribution is -0.0124. The zero-order chi connectivity index (χ0) is 20.5. The molecule has 0 radical (unpaired) electrons. The highest BCUT2D eigenvalue weighted by molar-refractivity contribution is 7.92. The van der Waals surface area contributed by atoms with E-state index in [4.69, 9.17) is 16.3 Å². The van der Waals surface area contributed by atoms with Gasteiger partial charge in [0.1, 0.15) is 0 Å². The molecule has 0 aliphatic carbocycles. The number of halogens is 1. The maximum atomic E-state index is 12.9. The molecule has 8 heteroatoms. The predicted octanol–water partition coefficient (Wildman–Crippen LogP) is 3.62. The molecule has 1 unspecified atom stereocenters. The van der Waals surface area contributed by atoms with Crippen LogP contribution in [0.3, 0.4) is 0 Å². The molecule has 1 fully saturated rings. The van der Waals surface area contributed by atoms with E-state index >= 15 is 0 Å². The Morgan fingerprint density at radius 3 is 2.61 bits per heavy atom. The van der Waals surface area contributed by atoms with Gasteiger partial charge in [0.2, 0.25) is 0 Å². The van der Waals surface area contributed by atoms with Crippen molar-refractivity contribution in [1.82, 2.24) is 4.90 Å². The first-order valence-corrected chi connectivity index (χ1v) is 10.8. The van der Waals surface area contributed by atoms with Crippen LogP contribution in [0.4, 0.5) is 5.69 Å². The molecule has 28 heavy (non-hydrogen) atoms. The molecule has 3 rings (SSSR count). The van der Waals surface area contributed by atoms with Gasteiger partial charge >= 0.3 is 0 Å². The van der Waals surface area contributed by atoms with E-state index in [-0.39, 0.29) is 27.5 Å². The normalized spacial score (nSPS) is 17.4. The van der Waals surface area contributed by atoms with Crippen molar-refractivity contribution in [2.45, 2.75) is 31.8 Å². The third kappa shape index (κ3) is 4.48. The van der Waals surface area contributed by atoms with Gasteiger partial charge in [0.15, 0.2) is 0 Å². The molecule has 6 nitrogen and oxygen atoms in total. The van der Waals surface area contributed by atoms with Crippen molar-refractivity contribution in [3.8, 4) is 0 Å². The molecule has 1 amide bonds. The van der Waals surface area contributed by atoms with E-state index in [0.29, 0.717) is 25.4 Å². The number of nitrogens with one attached hydrogen (secondary N) is 1. The number of amides is 1. The molecule has 2 aromatic carbocycles. The summed E-state index contributed by atoms with van der Waals surface area (Å²) in [7, 11) is -3.86. The number of aryl methyl sites for hydroxylation is 2. The average molecular weight is 423 g/mol. The first-order chi connectivity index (χ1) is 13.2. The fourth-order valence-electron chi connectivity index (χ4n) is 3.03. The summed E-state index contributed by atoms with van der Waals surface area (Å²) in [5.41, 5.74) is 2.68. The number of hydrogen-bond acceptors (Lipinski definition) is 4. The van der Waals surface area contributed by atoms with Crippen LogP contribution in [-0.2, 0) is 14.8 Å². The highest BCUT2D eigenvalue weighted by atomic mass is 35.5. The van der Waals surface area contributed by atoms with Gasteiger partial charge in [0, 0.05) is 18.8 Å². The number of anilines is 1. The van der Waals surface area contributed by atoms with Crippen molar-refractivity contribution >= 4 is 33.2 Å². The van der Waals surface area contributed by atoms with E-state index < -0.39 is 10.0 Å². The van der Waals surface area contributed by atoms with Crippen molar-refractivity contribution in [2.24, 2.45) is 0 Å². The smallest absolute Gasteiger partial charge is 0.261 e. The van der Waals surface area contributed by atoms with Gasteiger partial charge in [0.25, 0.3) is 15.9 Å². The number of sulfonamides is 1. The molecular weight excluding hydrogens is 400 g/mol. The lowest BCUT2D eigenvalue weighted by atomic mass is 10.1. The molecule has 2 aromatic rings. The first-order valence-electron chi connectivity index (χ1n) is 8.98. The summed E-state index contributed by atoms with van der Waals surface area (Å²) in [5, 5.41) is 0.217. The van der Waals surface area contributed by atoms with E-state index in [1.54, 1.807) is 17.0 Å². The van der Waals surface area contributed by atoms with Gasteiger partial charge in [-0.3, -0.25) is 9.52 Å². The highest BCUT2D eigenvalue weighted by Gasteiger charge is 2.26. The summed E-state index contributed by atoms with van der Waals surface area (Å²) in [6.07, 6.45) is -0.0742. The Labute approximate surface area is 170 Å². The molecule has 1 saturated heterocycles. The van der Waals surface area contributed by atoms with Crippen LogP contribution in [0.25, 0.3) is 0 Å². The van der Waals surface area contributed by atoms with Crippen LogP contribution in [0, 0.1) is 13.8 Å². The quantitative estimate of drug-likeness (QED) is 0.816. The summed E-state index contributed by atoms with van der Waals surface area (Å²) in [6, 6.07) is 9.48. The second-order valence-corrected chi connectivity index (χ2v) is 9.07. The van der Waals surface area contributed by atoms with Crippen molar-refractivity contribution < 1.29 is 17.9 Å². The lowest BCUT2D eigenvalue weighted by Gasteiger charge is -2.31. The topological polar surface area (TPSA) is 75.7 Å². The maximum absolute atomic E-state index is 12.9. The van der Waals surface area contributed by atoms with E-state index in [9.17, 15) is 13.2 Å². The number of carbonyl (C=O) groups excluding carboxylic acids is 1. The number of carbonyl (C=O) groups is 1. The zero-order valence-corrected chi connectivity index (χ0v) is 17.6. The van der Waals surface area contributed by atoms with Crippen LogP contribution in [0.1, 0.15) is 28.4 Å². The van der Waals surface area contributed by atoms with E-state index in [0.717, 1.165) is 11.1 Å². The minimum Gasteiger partial charge on any atom is -0.375 e. The summed E-state index contributed by atoms with van der Waals surface area (Å²) < 4.78 is 33.6. The number of ether oxygens (including phenoxy) is 1. The average Bonchev–Trinajstić information content (AvgIpc) is 2.64. The van der Waals surface area contributed by atoms with Crippen LogP contribution in [0.15, 0.2) is 41.3 Å². The van der Waals surface area contributed by atoms with Gasteiger partial charge in [-0.2, -0.15) is 0 Å². The molecule has 1 N–H and O–H groups in total. The standard InChI is InChI=1S/C20H23ClN2O4S/c1-13-4-5-16(10-14(13)2)22-28(25,26)17-6-7-19(21)18(11-17)20(24)23-8-9-27-15(3)12-23/h4-7,10-11,15,22H,8-9,12H2,1-3H3. The Morgan fingerprint density at radius 2 is 1.93 bits per heavy atom. The Hall–Kier alpha value is -2.09. The molecular formula is C20H23ClN2O4S. The van der Waals surface area contributed by atoms with Gasteiger partial charge < -0.3 is 9.64 Å². The van der Waals surface area contributed by atoms with E-state index in [1.165, 1.54) is 18.2 Å². The molecule has 0 saturated carbocycles. The highest BCUT2D eigenvalue weighted by Crippen LogP contribution is 2.25. The largest absolute Gasteiger partial charge is 0.375 e. The fourth-order valence-corrected chi connectivity index (χ4v) is 4.30. The molecule has 1 atom stereocenters. The number of nitrogens with zero attached hydrogens (tertiary/aromatic N) is 1. The zero-order valence-electron chi connectivity index (χ0n) is 16.0. The minimum absolute atomic E-state index is 0.0141. The van der Waals surface area contributed by atoms with E-state index in [2.05, 4.69) is 4.72 Å². The van der Waals surface area contributed by atoms with Crippen molar-refractivity contribution in [3.05, 3.63) is 58.1 Å². The van der Waals surface area contributed by atoms with E-state index in [1.807, 2.05) is 26.8 Å². The molecule has 1 aliphatic rings. The molecule has 1 aliphatic heterocycles. The van der Waals surface area contributed by atoms with Crippen LogP contribution in [0.5, 0.6) is 0 Å². The Balaban J connectivity index is 1.88. The van der Waals surface area contributed by atoms with Crippen molar-refractivity contribution in [1.29, 1.82) is 0 Å². The molecule has 0 spiro atoms. The number of rotatable bonds is 4. The summed E-state index contributed by atoms with van der Waals surface area (Å²) in [5.74, 6) is -0.302. The third-order valence-electron chi connectivity index (χ3n) is 4.77. The number of morpholine rings is 1. The Morgan fingerprint density at radius 1 is 1.18 bits per heavy atom. The summed E-state index contributed by atoms with van der Waals surface area (Å²) in [4.78, 5) is 14.5. The van der Waals surface area contributed by atoms with Gasteiger partial charge in [-0.05, 0) is 62.2 Å². The van der Waals surface area contributed by atoms with Crippen molar-refractivity contribution in [2.75, 3.05) is 24.4 Å². The monoisotopic (exact) mass is 422 g/mol. The Bertz CT molecular complexity index is 1010.